The molecule has 0 aliphatic rings. The van der Waals surface area contributed by atoms with Gasteiger partial charge < -0.3 is 4.90 Å². The lowest BCUT2D eigenvalue weighted by atomic mass is 10.1. The average Bonchev–Trinajstić information content (AvgIpc) is 2.35. The first-order chi connectivity index (χ1) is 8.06. The maximum atomic E-state index is 12.7. The van der Waals surface area contributed by atoms with Gasteiger partial charge in [0.15, 0.2) is 0 Å². The second-order valence-corrected chi connectivity index (χ2v) is 3.92. The van der Waals surface area contributed by atoms with E-state index in [0.29, 0.717) is 6.54 Å². The first-order valence-electron chi connectivity index (χ1n) is 5.61. The zero-order valence-electron chi connectivity index (χ0n) is 10.1. The number of rotatable bonds is 5. The maximum Gasteiger partial charge on any atom is 0.294 e. The van der Waals surface area contributed by atoms with E-state index in [9.17, 15) is 14.0 Å². The molecule has 17 heavy (non-hydrogen) atoms. The van der Waals surface area contributed by atoms with Crippen LogP contribution in [0, 0.1) is 5.82 Å². The summed E-state index contributed by atoms with van der Waals surface area (Å²) in [6.45, 7) is 2.57. The van der Waals surface area contributed by atoms with Gasteiger partial charge in [0.2, 0.25) is 5.78 Å². The fraction of sp³-hybridized carbons (Fsp3) is 0.385. The van der Waals surface area contributed by atoms with Crippen LogP contribution in [0.4, 0.5) is 4.39 Å². The Kier molecular flexibility index (Phi) is 4.82. The highest BCUT2D eigenvalue weighted by Crippen LogP contribution is 2.06. The Morgan fingerprint density at radius 2 is 1.82 bits per heavy atom. The molecule has 0 aromatic heterocycles. The molecular formula is C13H16FNO2. The van der Waals surface area contributed by atoms with Crippen molar-refractivity contribution >= 4 is 11.7 Å². The van der Waals surface area contributed by atoms with Crippen molar-refractivity contribution in [1.82, 2.24) is 4.90 Å². The number of Topliss-reactive ketones (excluding diaryl/α,β-unsaturated/α-hetero) is 1. The van der Waals surface area contributed by atoms with Crippen molar-refractivity contribution in [2.45, 2.75) is 19.8 Å². The summed E-state index contributed by atoms with van der Waals surface area (Å²) in [5.41, 5.74) is 0.222. The van der Waals surface area contributed by atoms with Gasteiger partial charge in [-0.1, -0.05) is 13.3 Å². The lowest BCUT2D eigenvalue weighted by Gasteiger charge is -2.15. The number of ketones is 1. The van der Waals surface area contributed by atoms with Gasteiger partial charge in [-0.3, -0.25) is 9.59 Å². The molecule has 0 aliphatic carbocycles. The number of carbonyl (C=O) groups excluding carboxylic acids is 2. The third kappa shape index (κ3) is 3.66. The van der Waals surface area contributed by atoms with Crippen LogP contribution in [-0.2, 0) is 4.79 Å². The van der Waals surface area contributed by atoms with Crippen LogP contribution in [-0.4, -0.2) is 30.2 Å². The molecule has 0 bridgehead atoms. The van der Waals surface area contributed by atoms with E-state index in [1.54, 1.807) is 7.05 Å². The monoisotopic (exact) mass is 237 g/mol. The molecular weight excluding hydrogens is 221 g/mol. The van der Waals surface area contributed by atoms with Gasteiger partial charge in [0.1, 0.15) is 5.82 Å². The van der Waals surface area contributed by atoms with Gasteiger partial charge in [-0.05, 0) is 30.7 Å². The van der Waals surface area contributed by atoms with Gasteiger partial charge in [0, 0.05) is 19.2 Å². The molecule has 0 saturated heterocycles. The zero-order valence-corrected chi connectivity index (χ0v) is 10.1. The highest BCUT2D eigenvalue weighted by molar-refractivity contribution is 6.42. The summed E-state index contributed by atoms with van der Waals surface area (Å²) in [6, 6.07) is 4.99. The highest BCUT2D eigenvalue weighted by Gasteiger charge is 2.19. The van der Waals surface area contributed by atoms with E-state index in [1.165, 1.54) is 29.2 Å². The van der Waals surface area contributed by atoms with E-state index < -0.39 is 17.5 Å². The summed E-state index contributed by atoms with van der Waals surface area (Å²) in [6.07, 6.45) is 1.82. The smallest absolute Gasteiger partial charge is 0.294 e. The molecule has 0 heterocycles. The van der Waals surface area contributed by atoms with Crippen molar-refractivity contribution in [2.24, 2.45) is 0 Å². The van der Waals surface area contributed by atoms with Gasteiger partial charge in [0.25, 0.3) is 5.91 Å². The molecule has 3 nitrogen and oxygen atoms in total. The molecule has 1 aromatic rings. The van der Waals surface area contributed by atoms with Gasteiger partial charge in [0.05, 0.1) is 0 Å². The normalized spacial score (nSPS) is 10.1. The Hall–Kier alpha value is -1.71. The van der Waals surface area contributed by atoms with Crippen LogP contribution in [0.15, 0.2) is 24.3 Å². The van der Waals surface area contributed by atoms with E-state index in [0.717, 1.165) is 12.8 Å². The molecule has 0 unspecified atom stereocenters. The van der Waals surface area contributed by atoms with E-state index in [1.807, 2.05) is 6.92 Å². The number of unbranched alkanes of at least 4 members (excludes halogenated alkanes) is 1. The standard InChI is InChI=1S/C13H16FNO2/c1-3-4-9-15(2)13(17)12(16)10-5-7-11(14)8-6-10/h5-8H,3-4,9H2,1-2H3. The van der Waals surface area contributed by atoms with Crippen LogP contribution in [0.1, 0.15) is 30.1 Å². The summed E-state index contributed by atoms with van der Waals surface area (Å²) in [5.74, 6) is -1.57. The minimum atomic E-state index is -0.594. The Bertz CT molecular complexity index is 400. The van der Waals surface area contributed by atoms with Crippen LogP contribution in [0.2, 0.25) is 0 Å². The number of likely N-dealkylation sites (N-methyl/N-ethyl adjacent to an activating group) is 1. The van der Waals surface area contributed by atoms with Gasteiger partial charge in [-0.2, -0.15) is 0 Å². The van der Waals surface area contributed by atoms with Crippen molar-refractivity contribution in [3.05, 3.63) is 35.6 Å². The van der Waals surface area contributed by atoms with Crippen LogP contribution >= 0.6 is 0 Å². The summed E-state index contributed by atoms with van der Waals surface area (Å²) in [5, 5.41) is 0. The Balaban J connectivity index is 2.69. The molecule has 1 amide bonds. The molecule has 0 atom stereocenters. The quantitative estimate of drug-likeness (QED) is 0.582. The first-order valence-corrected chi connectivity index (χ1v) is 5.61. The average molecular weight is 237 g/mol. The fourth-order valence-corrected chi connectivity index (χ4v) is 1.39. The summed E-state index contributed by atoms with van der Waals surface area (Å²) in [7, 11) is 1.60. The lowest BCUT2D eigenvalue weighted by Crippen LogP contribution is -2.34. The second-order valence-electron chi connectivity index (χ2n) is 3.92. The van der Waals surface area contributed by atoms with E-state index in [2.05, 4.69) is 0 Å². The van der Waals surface area contributed by atoms with Crippen LogP contribution < -0.4 is 0 Å². The predicted molar refractivity (Wildman–Crippen MR) is 63.3 cm³/mol. The molecule has 0 aliphatic heterocycles. The van der Waals surface area contributed by atoms with Gasteiger partial charge in [-0.15, -0.1) is 0 Å². The Morgan fingerprint density at radius 3 is 2.35 bits per heavy atom. The summed E-state index contributed by atoms with van der Waals surface area (Å²) >= 11 is 0. The first kappa shape index (κ1) is 13.4. The number of benzene rings is 1. The molecule has 0 radical (unpaired) electrons. The third-order valence-electron chi connectivity index (χ3n) is 2.49. The maximum absolute atomic E-state index is 12.7. The number of hydrogen-bond donors (Lipinski definition) is 0. The van der Waals surface area contributed by atoms with Crippen molar-refractivity contribution < 1.29 is 14.0 Å². The summed E-state index contributed by atoms with van der Waals surface area (Å²) in [4.78, 5) is 24.9. The molecule has 1 rings (SSSR count). The Morgan fingerprint density at radius 1 is 1.24 bits per heavy atom. The van der Waals surface area contributed by atoms with E-state index in [-0.39, 0.29) is 5.56 Å². The van der Waals surface area contributed by atoms with Crippen molar-refractivity contribution in [2.75, 3.05) is 13.6 Å². The van der Waals surface area contributed by atoms with Crippen LogP contribution in [0.3, 0.4) is 0 Å². The van der Waals surface area contributed by atoms with Crippen molar-refractivity contribution in [1.29, 1.82) is 0 Å². The molecule has 0 N–H and O–H groups in total. The molecule has 4 heteroatoms. The predicted octanol–water partition coefficient (Wildman–Crippen LogP) is 2.27. The van der Waals surface area contributed by atoms with Gasteiger partial charge >= 0.3 is 0 Å². The number of nitrogens with zero attached hydrogens (tertiary/aromatic N) is 1. The third-order valence-corrected chi connectivity index (χ3v) is 2.49. The molecule has 1 aromatic carbocycles. The molecule has 92 valence electrons. The Labute approximate surface area is 100 Å². The fourth-order valence-electron chi connectivity index (χ4n) is 1.39. The lowest BCUT2D eigenvalue weighted by molar-refractivity contribution is -0.125. The number of hydrogen-bond acceptors (Lipinski definition) is 2. The van der Waals surface area contributed by atoms with Crippen molar-refractivity contribution in [3.63, 3.8) is 0 Å². The summed E-state index contributed by atoms with van der Waals surface area (Å²) < 4.78 is 12.7. The number of carbonyl (C=O) groups is 2. The molecule has 0 spiro atoms. The van der Waals surface area contributed by atoms with E-state index in [4.69, 9.17) is 0 Å². The van der Waals surface area contributed by atoms with Gasteiger partial charge in [-0.25, -0.2) is 4.39 Å². The van der Waals surface area contributed by atoms with Crippen LogP contribution in [0.25, 0.3) is 0 Å². The van der Waals surface area contributed by atoms with E-state index >= 15 is 0 Å². The zero-order chi connectivity index (χ0) is 12.8. The molecule has 0 saturated carbocycles. The minimum absolute atomic E-state index is 0.222. The minimum Gasteiger partial charge on any atom is -0.339 e. The highest BCUT2D eigenvalue weighted by atomic mass is 19.1. The number of amides is 1. The largest absolute Gasteiger partial charge is 0.339 e. The van der Waals surface area contributed by atoms with Crippen molar-refractivity contribution in [3.8, 4) is 0 Å². The topological polar surface area (TPSA) is 37.4 Å². The SMILES string of the molecule is CCCCN(C)C(=O)C(=O)c1ccc(F)cc1. The molecule has 0 fully saturated rings. The second kappa shape index (κ2) is 6.13. The van der Waals surface area contributed by atoms with Crippen LogP contribution in [0.5, 0.6) is 0 Å². The number of halogens is 1.